The fourth-order valence-electron chi connectivity index (χ4n) is 4.23. The van der Waals surface area contributed by atoms with Gasteiger partial charge in [-0.1, -0.05) is 96.8 Å². The van der Waals surface area contributed by atoms with Crippen molar-refractivity contribution in [2.24, 2.45) is 0 Å². The van der Waals surface area contributed by atoms with E-state index in [1.807, 2.05) is 0 Å². The van der Waals surface area contributed by atoms with Crippen LogP contribution in [0.15, 0.2) is 29.2 Å². The molecule has 0 unspecified atom stereocenters. The number of anilines is 1. The summed E-state index contributed by atoms with van der Waals surface area (Å²) in [6, 6.07) is 4.19. The van der Waals surface area contributed by atoms with Crippen LogP contribution in [0.5, 0.6) is 0 Å². The third-order valence-corrected chi connectivity index (χ3v) is 7.46. The van der Waals surface area contributed by atoms with Crippen molar-refractivity contribution in [2.75, 3.05) is 10.7 Å². The van der Waals surface area contributed by atoms with E-state index >= 15 is 0 Å². The normalized spacial score (nSPS) is 11.5. The zero-order valence-corrected chi connectivity index (χ0v) is 23.6. The fraction of sp³-hybridized carbons (Fsp3) is 0.654. The van der Waals surface area contributed by atoms with Crippen molar-refractivity contribution in [3.05, 3.63) is 34.9 Å². The molecule has 0 atom stereocenters. The number of amides is 2. The Morgan fingerprint density at radius 1 is 0.892 bits per heavy atom. The van der Waals surface area contributed by atoms with Crippen molar-refractivity contribution < 1.29 is 17.1 Å². The van der Waals surface area contributed by atoms with E-state index in [0.29, 0.717) is 17.9 Å². The van der Waals surface area contributed by atoms with Crippen molar-refractivity contribution in [3.8, 4) is 0 Å². The second kappa shape index (κ2) is 17.3. The third kappa shape index (κ3) is 12.7. The minimum Gasteiger partial charge on any atom is -0.307 e. The number of nitrogens with one attached hydrogen (secondary N) is 3. The summed E-state index contributed by atoms with van der Waals surface area (Å²) in [5.41, 5.74) is 2.94. The van der Waals surface area contributed by atoms with Gasteiger partial charge in [-0.2, -0.15) is 13.5 Å². The van der Waals surface area contributed by atoms with Crippen molar-refractivity contribution >= 4 is 34.2 Å². The first-order chi connectivity index (χ1) is 17.8. The molecule has 11 heteroatoms. The third-order valence-electron chi connectivity index (χ3n) is 6.35. The number of benzene rings is 1. The van der Waals surface area contributed by atoms with Gasteiger partial charge >= 0.3 is 16.3 Å². The van der Waals surface area contributed by atoms with Gasteiger partial charge in [0.2, 0.25) is 4.77 Å². The second-order valence-corrected chi connectivity index (χ2v) is 11.2. The first kappa shape index (κ1) is 31.0. The maximum absolute atomic E-state index is 13.0. The number of nitrogens with zero attached hydrogens (tertiary/aromatic N) is 2. The number of hydrogen-bond acceptors (Lipinski definition) is 5. The van der Waals surface area contributed by atoms with E-state index in [0.717, 1.165) is 25.0 Å². The summed E-state index contributed by atoms with van der Waals surface area (Å²) in [5.74, 6) is 0.633. The molecule has 0 saturated heterocycles. The van der Waals surface area contributed by atoms with Gasteiger partial charge < -0.3 is 5.32 Å². The number of H-pyrrole nitrogens is 1. The summed E-state index contributed by atoms with van der Waals surface area (Å²) in [6.45, 7) is 2.26. The number of aromatic amines is 1. The van der Waals surface area contributed by atoms with Crippen LogP contribution >= 0.6 is 12.2 Å². The number of halogens is 1. The van der Waals surface area contributed by atoms with Crippen molar-refractivity contribution in [2.45, 2.75) is 115 Å². The second-order valence-electron chi connectivity index (χ2n) is 9.51. The lowest BCUT2D eigenvalue weighted by Gasteiger charge is -2.10. The van der Waals surface area contributed by atoms with E-state index in [-0.39, 0.29) is 4.77 Å². The molecule has 0 bridgehead atoms. The molecule has 37 heavy (non-hydrogen) atoms. The molecule has 208 valence electrons. The van der Waals surface area contributed by atoms with Gasteiger partial charge in [0.1, 0.15) is 0 Å². The van der Waals surface area contributed by atoms with Crippen LogP contribution in [0.1, 0.15) is 109 Å². The standard InChI is InChI=1S/C26H42FN5O3S2/c1-2-3-4-5-6-7-8-9-10-11-12-13-14-15-16-17-24-29-30-26(36)32(24)31-25(33)28-22-18-20-23(21-19-22)37(27,34)35/h18-21H,2-17H2,1H3,(H,30,36)(H2,28,31,33). The van der Waals surface area contributed by atoms with Gasteiger partial charge in [-0.15, -0.1) is 3.89 Å². The molecule has 0 spiro atoms. The van der Waals surface area contributed by atoms with E-state index in [9.17, 15) is 17.1 Å². The highest BCUT2D eigenvalue weighted by molar-refractivity contribution is 7.86. The Morgan fingerprint density at radius 3 is 1.86 bits per heavy atom. The summed E-state index contributed by atoms with van der Waals surface area (Å²) in [6.07, 6.45) is 20.1. The number of carbonyl (C=O) groups is 1. The number of aromatic nitrogens is 3. The van der Waals surface area contributed by atoms with Crippen molar-refractivity contribution in [1.82, 2.24) is 14.9 Å². The van der Waals surface area contributed by atoms with E-state index in [2.05, 4.69) is 27.9 Å². The molecule has 1 heterocycles. The Bertz CT molecular complexity index is 1080. The zero-order chi connectivity index (χ0) is 26.9. The lowest BCUT2D eigenvalue weighted by molar-refractivity contribution is 0.259. The Morgan fingerprint density at radius 2 is 1.38 bits per heavy atom. The number of unbranched alkanes of at least 4 members (excludes halogenated alkanes) is 14. The Kier molecular flexibility index (Phi) is 14.5. The molecule has 1 aromatic carbocycles. The monoisotopic (exact) mass is 555 g/mol. The molecule has 8 nitrogen and oxygen atoms in total. The van der Waals surface area contributed by atoms with E-state index in [4.69, 9.17) is 12.2 Å². The summed E-state index contributed by atoms with van der Waals surface area (Å²) < 4.78 is 36.5. The van der Waals surface area contributed by atoms with Gasteiger partial charge in [-0.25, -0.2) is 14.9 Å². The molecule has 2 rings (SSSR count). The molecule has 3 N–H and O–H groups in total. The SMILES string of the molecule is CCCCCCCCCCCCCCCCCc1n[nH]c(=S)n1NC(=O)Nc1ccc(S(=O)(=O)F)cc1. The number of urea groups is 1. The largest absolute Gasteiger partial charge is 0.338 e. The first-order valence-corrected chi connectivity index (χ1v) is 15.4. The summed E-state index contributed by atoms with van der Waals surface area (Å²) in [5, 5.41) is 9.47. The summed E-state index contributed by atoms with van der Waals surface area (Å²) >= 11 is 5.22. The van der Waals surface area contributed by atoms with Gasteiger partial charge in [0, 0.05) is 12.1 Å². The number of hydrogen-bond donors (Lipinski definition) is 3. The average molecular weight is 556 g/mol. The predicted molar refractivity (Wildman–Crippen MR) is 149 cm³/mol. The lowest BCUT2D eigenvalue weighted by atomic mass is 10.0. The highest BCUT2D eigenvalue weighted by Gasteiger charge is 2.13. The van der Waals surface area contributed by atoms with Crippen LogP contribution in [0.4, 0.5) is 14.4 Å². The van der Waals surface area contributed by atoms with Gasteiger partial charge in [0.05, 0.1) is 4.90 Å². The van der Waals surface area contributed by atoms with Crippen molar-refractivity contribution in [3.63, 3.8) is 0 Å². The first-order valence-electron chi connectivity index (χ1n) is 13.6. The number of carbonyl (C=O) groups excluding carboxylic acids is 1. The quantitative estimate of drug-likeness (QED) is 0.0931. The lowest BCUT2D eigenvalue weighted by Crippen LogP contribution is -2.29. The molecule has 0 aliphatic rings. The number of rotatable bonds is 19. The van der Waals surface area contributed by atoms with Crippen LogP contribution < -0.4 is 10.7 Å². The minimum absolute atomic E-state index is 0.268. The minimum atomic E-state index is -4.78. The molecular weight excluding hydrogens is 513 g/mol. The number of aryl methyl sites for hydroxylation is 1. The molecule has 1 aromatic heterocycles. The summed E-state index contributed by atoms with van der Waals surface area (Å²) in [4.78, 5) is 11.9. The van der Waals surface area contributed by atoms with E-state index in [1.54, 1.807) is 0 Å². The van der Waals surface area contributed by atoms with Crippen LogP contribution in [-0.4, -0.2) is 29.3 Å². The van der Waals surface area contributed by atoms with Gasteiger partial charge in [0.25, 0.3) is 0 Å². The Balaban J connectivity index is 1.58. The van der Waals surface area contributed by atoms with Crippen LogP contribution in [0.2, 0.25) is 0 Å². The smallest absolute Gasteiger partial charge is 0.307 e. The van der Waals surface area contributed by atoms with Crippen LogP contribution in [0.3, 0.4) is 0 Å². The fourth-order valence-corrected chi connectivity index (χ4v) is 4.89. The molecule has 0 fully saturated rings. The Hall–Kier alpha value is -2.27. The molecular formula is C26H42FN5O3S2. The molecule has 0 aliphatic carbocycles. The molecule has 2 amide bonds. The Labute approximate surface area is 226 Å². The predicted octanol–water partition coefficient (Wildman–Crippen LogP) is 7.79. The van der Waals surface area contributed by atoms with E-state index < -0.39 is 21.1 Å². The highest BCUT2D eigenvalue weighted by Crippen LogP contribution is 2.16. The highest BCUT2D eigenvalue weighted by atomic mass is 32.3. The molecule has 2 aromatic rings. The maximum Gasteiger partial charge on any atom is 0.338 e. The van der Waals surface area contributed by atoms with Crippen LogP contribution in [0, 0.1) is 4.77 Å². The topological polar surface area (TPSA) is 109 Å². The van der Waals surface area contributed by atoms with Crippen molar-refractivity contribution in [1.29, 1.82) is 0 Å². The molecule has 0 radical (unpaired) electrons. The van der Waals surface area contributed by atoms with Gasteiger partial charge in [-0.3, -0.25) is 5.10 Å². The molecule has 0 saturated carbocycles. The maximum atomic E-state index is 13.0. The zero-order valence-electron chi connectivity index (χ0n) is 21.9. The van der Waals surface area contributed by atoms with Gasteiger partial charge in [0.15, 0.2) is 5.82 Å². The van der Waals surface area contributed by atoms with E-state index in [1.165, 1.54) is 100 Å². The van der Waals surface area contributed by atoms with Crippen LogP contribution in [0.25, 0.3) is 0 Å². The van der Waals surface area contributed by atoms with Gasteiger partial charge in [-0.05, 0) is 42.9 Å². The molecule has 0 aliphatic heterocycles. The van der Waals surface area contributed by atoms with Crippen LogP contribution in [-0.2, 0) is 16.6 Å². The summed E-state index contributed by atoms with van der Waals surface area (Å²) in [7, 11) is -4.78. The average Bonchev–Trinajstić information content (AvgIpc) is 3.20.